The lowest BCUT2D eigenvalue weighted by atomic mass is 9.46. The van der Waals surface area contributed by atoms with E-state index in [0.29, 0.717) is 28.9 Å². The van der Waals surface area contributed by atoms with Crippen molar-refractivity contribution in [2.75, 3.05) is 0 Å². The third kappa shape index (κ3) is 5.31. The third-order valence-corrected chi connectivity index (χ3v) is 11.4. The quantitative estimate of drug-likeness (QED) is 0.249. The maximum Gasteiger partial charge on any atom is 0.303 e. The average molecular weight is 501 g/mol. The number of fused-ring (bicyclic) bond motifs is 5. The normalized spacial score (nSPS) is 40.9. The maximum absolute atomic E-state index is 10.9. The Labute approximate surface area is 220 Å². The van der Waals surface area contributed by atoms with Crippen LogP contribution in [-0.4, -0.2) is 27.4 Å². The molecule has 4 aliphatic carbocycles. The number of carboxylic acids is 1. The van der Waals surface area contributed by atoms with Crippen molar-refractivity contribution in [3.8, 4) is 0 Å². The van der Waals surface area contributed by atoms with Gasteiger partial charge in [-0.25, -0.2) is 0 Å². The van der Waals surface area contributed by atoms with Gasteiger partial charge in [-0.2, -0.15) is 0 Å². The van der Waals surface area contributed by atoms with Gasteiger partial charge < -0.3 is 14.9 Å². The van der Waals surface area contributed by atoms with Gasteiger partial charge >= 0.3 is 5.97 Å². The fourth-order valence-corrected chi connectivity index (χ4v) is 9.30. The van der Waals surface area contributed by atoms with E-state index in [1.54, 1.807) is 5.57 Å². The van der Waals surface area contributed by atoms with Crippen LogP contribution in [0.1, 0.15) is 119 Å². The molecule has 4 rings (SSSR count). The number of ether oxygens (including phenoxy) is 1. The molecule has 0 aromatic heterocycles. The summed E-state index contributed by atoms with van der Waals surface area (Å²) in [6, 6.07) is 0. The predicted molar refractivity (Wildman–Crippen MR) is 145 cm³/mol. The number of allylic oxidation sites excluding steroid dienone is 2. The highest BCUT2D eigenvalue weighted by molar-refractivity contribution is 5.66. The first-order valence-corrected chi connectivity index (χ1v) is 14.7. The van der Waals surface area contributed by atoms with Gasteiger partial charge in [-0.1, -0.05) is 39.0 Å². The summed E-state index contributed by atoms with van der Waals surface area (Å²) >= 11 is 0. The number of carbonyl (C=O) groups is 1. The molecule has 0 unspecified atom stereocenters. The van der Waals surface area contributed by atoms with Gasteiger partial charge in [-0.05, 0) is 125 Å². The number of carboxylic acid groups (broad SMARTS) is 1. The number of rotatable bonds is 9. The summed E-state index contributed by atoms with van der Waals surface area (Å²) < 4.78 is 6.10. The van der Waals surface area contributed by atoms with Crippen molar-refractivity contribution in [3.05, 3.63) is 24.0 Å². The third-order valence-electron chi connectivity index (χ3n) is 11.4. The molecule has 36 heavy (non-hydrogen) atoms. The summed E-state index contributed by atoms with van der Waals surface area (Å²) in [6.07, 6.45) is 14.7. The monoisotopic (exact) mass is 500 g/mol. The molecule has 4 nitrogen and oxygen atoms in total. The molecule has 0 radical (unpaired) electrons. The molecule has 0 aliphatic heterocycles. The Morgan fingerprint density at radius 1 is 1.14 bits per heavy atom. The summed E-state index contributed by atoms with van der Waals surface area (Å²) in [5, 5.41) is 19.7. The molecule has 204 valence electrons. The number of aliphatic hydroxyl groups is 1. The lowest BCUT2D eigenvalue weighted by Gasteiger charge is -2.59. The minimum absolute atomic E-state index is 0.0737. The SMILES string of the molecule is C=C(CCC(=O)O)OC(C)(C)CC[C@@H](C)[C@H]1CC[C@H]2[C@@H]3CC=C4C[C@@](C)(O)CC[C@]4(C)[C@H]3CC[C@]12C. The molecule has 0 heterocycles. The Hall–Kier alpha value is -1.29. The molecule has 8 atom stereocenters. The minimum atomic E-state index is -0.807. The molecule has 4 heteroatoms. The van der Waals surface area contributed by atoms with E-state index in [4.69, 9.17) is 9.84 Å². The van der Waals surface area contributed by atoms with Crippen molar-refractivity contribution in [3.63, 3.8) is 0 Å². The zero-order valence-corrected chi connectivity index (χ0v) is 23.9. The van der Waals surface area contributed by atoms with Crippen LogP contribution in [0.25, 0.3) is 0 Å². The molecule has 0 spiro atoms. The Balaban J connectivity index is 1.39. The first-order valence-electron chi connectivity index (χ1n) is 14.7. The van der Waals surface area contributed by atoms with E-state index in [1.165, 1.54) is 32.1 Å². The van der Waals surface area contributed by atoms with Crippen molar-refractivity contribution < 1.29 is 19.7 Å². The highest BCUT2D eigenvalue weighted by atomic mass is 16.5. The van der Waals surface area contributed by atoms with Crippen molar-refractivity contribution in [1.82, 2.24) is 0 Å². The van der Waals surface area contributed by atoms with E-state index < -0.39 is 11.6 Å². The number of hydrogen-bond acceptors (Lipinski definition) is 3. The standard InChI is InChI=1S/C32H52O4/c1-21(14-16-29(3,4)36-22(2)8-13-28(33)34)25-11-12-26-24-10-9-23-20-30(5,35)18-19-31(23,6)27(24)15-17-32(25,26)7/h9,21,24-27,35H,2,8,10-20H2,1,3-7H3,(H,33,34)/t21-,24+,25-,26+,27+,30+,31+,32-/m1/s1. The summed E-state index contributed by atoms with van der Waals surface area (Å²) in [6.45, 7) is 17.8. The highest BCUT2D eigenvalue weighted by Crippen LogP contribution is 2.67. The summed E-state index contributed by atoms with van der Waals surface area (Å²) in [7, 11) is 0. The van der Waals surface area contributed by atoms with Gasteiger partial charge in [0.25, 0.3) is 0 Å². The molecule has 0 saturated heterocycles. The van der Waals surface area contributed by atoms with Crippen LogP contribution in [0.2, 0.25) is 0 Å². The topological polar surface area (TPSA) is 66.8 Å². The lowest BCUT2D eigenvalue weighted by Crippen LogP contribution is -2.52. The van der Waals surface area contributed by atoms with Crippen LogP contribution in [0.4, 0.5) is 0 Å². The van der Waals surface area contributed by atoms with Crippen LogP contribution in [0.3, 0.4) is 0 Å². The zero-order valence-electron chi connectivity index (χ0n) is 23.9. The second kappa shape index (κ2) is 9.79. The number of hydrogen-bond donors (Lipinski definition) is 2. The van der Waals surface area contributed by atoms with E-state index in [9.17, 15) is 9.90 Å². The van der Waals surface area contributed by atoms with Crippen molar-refractivity contribution in [2.45, 2.75) is 130 Å². The van der Waals surface area contributed by atoms with E-state index in [0.717, 1.165) is 55.8 Å². The molecular formula is C32H52O4. The molecule has 2 N–H and O–H groups in total. The second-order valence-corrected chi connectivity index (χ2v) is 14.5. The van der Waals surface area contributed by atoms with Crippen LogP contribution in [0.15, 0.2) is 24.0 Å². The molecule has 0 aromatic carbocycles. The van der Waals surface area contributed by atoms with Crippen LogP contribution in [-0.2, 0) is 9.53 Å². The first kappa shape index (κ1) is 27.7. The molecule has 0 amide bonds. The predicted octanol–water partition coefficient (Wildman–Crippen LogP) is 7.91. The van der Waals surface area contributed by atoms with E-state index in [-0.39, 0.29) is 12.0 Å². The first-order chi connectivity index (χ1) is 16.7. The van der Waals surface area contributed by atoms with Crippen LogP contribution in [0.5, 0.6) is 0 Å². The molecule has 3 saturated carbocycles. The Kier molecular flexibility index (Phi) is 7.54. The van der Waals surface area contributed by atoms with Crippen molar-refractivity contribution >= 4 is 5.97 Å². The average Bonchev–Trinajstić information content (AvgIpc) is 3.13. The van der Waals surface area contributed by atoms with Crippen molar-refractivity contribution in [2.24, 2.45) is 40.4 Å². The van der Waals surface area contributed by atoms with Gasteiger partial charge in [-0.15, -0.1) is 0 Å². The Bertz CT molecular complexity index is 885. The lowest BCUT2D eigenvalue weighted by molar-refractivity contribution is -0.137. The largest absolute Gasteiger partial charge is 0.493 e. The van der Waals surface area contributed by atoms with Crippen LogP contribution in [0, 0.1) is 40.4 Å². The molecule has 0 aromatic rings. The van der Waals surface area contributed by atoms with E-state index >= 15 is 0 Å². The molecule has 4 aliphatic rings. The van der Waals surface area contributed by atoms with Crippen LogP contribution < -0.4 is 0 Å². The second-order valence-electron chi connectivity index (χ2n) is 14.5. The van der Waals surface area contributed by atoms with Gasteiger partial charge in [0.15, 0.2) is 0 Å². The molecule has 3 fully saturated rings. The Morgan fingerprint density at radius 2 is 1.86 bits per heavy atom. The Morgan fingerprint density at radius 3 is 2.56 bits per heavy atom. The number of aliphatic carboxylic acids is 1. The fraction of sp³-hybridized carbons (Fsp3) is 0.844. The summed E-state index contributed by atoms with van der Waals surface area (Å²) in [5.74, 6) is 3.60. The van der Waals surface area contributed by atoms with Gasteiger partial charge in [-0.3, -0.25) is 4.79 Å². The molecule has 0 bridgehead atoms. The zero-order chi connectivity index (χ0) is 26.5. The maximum atomic E-state index is 10.9. The van der Waals surface area contributed by atoms with E-state index in [2.05, 4.69) is 47.3 Å². The fourth-order valence-electron chi connectivity index (χ4n) is 9.30. The van der Waals surface area contributed by atoms with Gasteiger partial charge in [0.05, 0.1) is 17.8 Å². The van der Waals surface area contributed by atoms with Crippen molar-refractivity contribution in [1.29, 1.82) is 0 Å². The summed E-state index contributed by atoms with van der Waals surface area (Å²) in [4.78, 5) is 10.9. The van der Waals surface area contributed by atoms with Crippen LogP contribution >= 0.6 is 0 Å². The van der Waals surface area contributed by atoms with Gasteiger partial charge in [0, 0.05) is 6.42 Å². The highest BCUT2D eigenvalue weighted by Gasteiger charge is 2.59. The van der Waals surface area contributed by atoms with Gasteiger partial charge in [0.1, 0.15) is 5.60 Å². The smallest absolute Gasteiger partial charge is 0.303 e. The molecular weight excluding hydrogens is 448 g/mol. The minimum Gasteiger partial charge on any atom is -0.493 e. The summed E-state index contributed by atoms with van der Waals surface area (Å²) in [5.41, 5.74) is 1.44. The van der Waals surface area contributed by atoms with E-state index in [1.807, 2.05) is 6.92 Å². The van der Waals surface area contributed by atoms with Gasteiger partial charge in [0.2, 0.25) is 0 Å².